The SMILES string of the molecule is O=C(O)Cc1ocnc1-c1ccc(Br)cc1. The lowest BCUT2D eigenvalue weighted by Gasteiger charge is -1.99. The van der Waals surface area contributed by atoms with Crippen molar-refractivity contribution in [2.24, 2.45) is 0 Å². The summed E-state index contributed by atoms with van der Waals surface area (Å²) in [6.45, 7) is 0. The molecule has 2 aromatic rings. The summed E-state index contributed by atoms with van der Waals surface area (Å²) in [4.78, 5) is 14.6. The summed E-state index contributed by atoms with van der Waals surface area (Å²) in [6.07, 6.45) is 1.10. The summed E-state index contributed by atoms with van der Waals surface area (Å²) in [5.41, 5.74) is 1.42. The van der Waals surface area contributed by atoms with Crippen LogP contribution in [0, 0.1) is 0 Å². The van der Waals surface area contributed by atoms with Gasteiger partial charge < -0.3 is 9.52 Å². The number of carboxylic acid groups (broad SMARTS) is 1. The summed E-state index contributed by atoms with van der Waals surface area (Å²) in [7, 11) is 0. The predicted molar refractivity (Wildman–Crippen MR) is 61.0 cm³/mol. The highest BCUT2D eigenvalue weighted by molar-refractivity contribution is 9.10. The Morgan fingerprint density at radius 2 is 2.06 bits per heavy atom. The van der Waals surface area contributed by atoms with Crippen molar-refractivity contribution < 1.29 is 14.3 Å². The highest BCUT2D eigenvalue weighted by Gasteiger charge is 2.13. The van der Waals surface area contributed by atoms with Crippen LogP contribution in [0.2, 0.25) is 0 Å². The minimum absolute atomic E-state index is 0.161. The van der Waals surface area contributed by atoms with E-state index in [1.54, 1.807) is 0 Å². The largest absolute Gasteiger partial charge is 0.481 e. The number of aromatic nitrogens is 1. The van der Waals surface area contributed by atoms with E-state index in [2.05, 4.69) is 20.9 Å². The first-order chi connectivity index (χ1) is 7.66. The third-order valence-corrected chi connectivity index (χ3v) is 2.60. The Morgan fingerprint density at radius 1 is 1.38 bits per heavy atom. The molecule has 0 fully saturated rings. The Bertz CT molecular complexity index is 504. The lowest BCUT2D eigenvalue weighted by molar-refractivity contribution is -0.136. The first kappa shape index (κ1) is 10.9. The second-order valence-corrected chi connectivity index (χ2v) is 4.12. The van der Waals surface area contributed by atoms with Crippen molar-refractivity contribution in [3.05, 3.63) is 40.9 Å². The minimum atomic E-state index is -0.935. The van der Waals surface area contributed by atoms with E-state index in [9.17, 15) is 4.79 Å². The number of halogens is 1. The van der Waals surface area contributed by atoms with Gasteiger partial charge in [0.25, 0.3) is 0 Å². The maximum atomic E-state index is 10.6. The number of hydrogen-bond acceptors (Lipinski definition) is 3. The molecule has 0 bridgehead atoms. The molecule has 0 radical (unpaired) electrons. The van der Waals surface area contributed by atoms with Gasteiger partial charge in [-0.15, -0.1) is 0 Å². The molecule has 0 saturated heterocycles. The number of nitrogens with zero attached hydrogens (tertiary/aromatic N) is 1. The van der Waals surface area contributed by atoms with E-state index in [4.69, 9.17) is 9.52 Å². The van der Waals surface area contributed by atoms with Crippen LogP contribution in [0.3, 0.4) is 0 Å². The van der Waals surface area contributed by atoms with E-state index in [1.165, 1.54) is 6.39 Å². The van der Waals surface area contributed by atoms with Gasteiger partial charge in [-0.05, 0) is 12.1 Å². The zero-order chi connectivity index (χ0) is 11.5. The summed E-state index contributed by atoms with van der Waals surface area (Å²) in [5, 5.41) is 8.71. The molecular formula is C11H8BrNO3. The topological polar surface area (TPSA) is 63.3 Å². The van der Waals surface area contributed by atoms with Crippen LogP contribution in [0.1, 0.15) is 5.76 Å². The van der Waals surface area contributed by atoms with Gasteiger partial charge in [0, 0.05) is 10.0 Å². The lowest BCUT2D eigenvalue weighted by atomic mass is 10.1. The van der Waals surface area contributed by atoms with Gasteiger partial charge in [-0.2, -0.15) is 0 Å². The lowest BCUT2D eigenvalue weighted by Crippen LogP contribution is -2.00. The number of oxazole rings is 1. The Labute approximate surface area is 100 Å². The second-order valence-electron chi connectivity index (χ2n) is 3.20. The highest BCUT2D eigenvalue weighted by Crippen LogP contribution is 2.24. The van der Waals surface area contributed by atoms with Crippen molar-refractivity contribution in [2.45, 2.75) is 6.42 Å². The molecule has 0 spiro atoms. The smallest absolute Gasteiger partial charge is 0.311 e. The van der Waals surface area contributed by atoms with Gasteiger partial charge in [0.05, 0.1) is 0 Å². The van der Waals surface area contributed by atoms with Crippen LogP contribution in [0.4, 0.5) is 0 Å². The molecule has 1 aromatic carbocycles. The van der Waals surface area contributed by atoms with Gasteiger partial charge in [-0.25, -0.2) is 4.98 Å². The van der Waals surface area contributed by atoms with Crippen LogP contribution in [-0.2, 0) is 11.2 Å². The Kier molecular flexibility index (Phi) is 3.05. The van der Waals surface area contributed by atoms with Crippen LogP contribution < -0.4 is 0 Å². The molecule has 0 unspecified atom stereocenters. The van der Waals surface area contributed by atoms with Gasteiger partial charge >= 0.3 is 5.97 Å². The summed E-state index contributed by atoms with van der Waals surface area (Å²) in [6, 6.07) is 7.45. The van der Waals surface area contributed by atoms with Crippen molar-refractivity contribution in [3.63, 3.8) is 0 Å². The van der Waals surface area contributed by atoms with Crippen LogP contribution >= 0.6 is 15.9 Å². The number of aliphatic carboxylic acids is 1. The van der Waals surface area contributed by atoms with Crippen LogP contribution in [-0.4, -0.2) is 16.1 Å². The minimum Gasteiger partial charge on any atom is -0.481 e. The molecule has 0 saturated carbocycles. The number of hydrogen-bond donors (Lipinski definition) is 1. The monoisotopic (exact) mass is 281 g/mol. The molecule has 1 N–H and O–H groups in total. The highest BCUT2D eigenvalue weighted by atomic mass is 79.9. The third kappa shape index (κ3) is 2.30. The maximum absolute atomic E-state index is 10.6. The van der Waals surface area contributed by atoms with E-state index in [-0.39, 0.29) is 6.42 Å². The molecule has 1 heterocycles. The van der Waals surface area contributed by atoms with Crippen molar-refractivity contribution in [1.29, 1.82) is 0 Å². The van der Waals surface area contributed by atoms with Crippen LogP contribution in [0.5, 0.6) is 0 Å². The molecule has 1 aromatic heterocycles. The zero-order valence-corrected chi connectivity index (χ0v) is 9.77. The van der Waals surface area contributed by atoms with E-state index < -0.39 is 5.97 Å². The van der Waals surface area contributed by atoms with E-state index in [0.29, 0.717) is 11.5 Å². The normalized spacial score (nSPS) is 10.3. The molecule has 0 aliphatic carbocycles. The number of carboxylic acids is 1. The van der Waals surface area contributed by atoms with Crippen LogP contribution in [0.25, 0.3) is 11.3 Å². The number of benzene rings is 1. The second kappa shape index (κ2) is 4.49. The van der Waals surface area contributed by atoms with E-state index in [1.807, 2.05) is 24.3 Å². The average molecular weight is 282 g/mol. The molecule has 5 heteroatoms. The molecule has 4 nitrogen and oxygen atoms in total. The molecule has 16 heavy (non-hydrogen) atoms. The van der Waals surface area contributed by atoms with Gasteiger partial charge in [0.1, 0.15) is 17.9 Å². The van der Waals surface area contributed by atoms with Crippen molar-refractivity contribution in [1.82, 2.24) is 4.98 Å². The quantitative estimate of drug-likeness (QED) is 0.940. The summed E-state index contributed by atoms with van der Waals surface area (Å²) in [5.74, 6) is -0.565. The van der Waals surface area contributed by atoms with Gasteiger partial charge in [-0.1, -0.05) is 28.1 Å². The molecule has 0 aliphatic rings. The van der Waals surface area contributed by atoms with Crippen molar-refractivity contribution in [2.75, 3.05) is 0 Å². The Morgan fingerprint density at radius 3 is 2.69 bits per heavy atom. The number of rotatable bonds is 3. The molecule has 0 amide bonds. The fourth-order valence-corrected chi connectivity index (χ4v) is 1.64. The fraction of sp³-hybridized carbons (Fsp3) is 0.0909. The van der Waals surface area contributed by atoms with Gasteiger partial charge in [-0.3, -0.25) is 4.79 Å². The molecule has 0 aliphatic heterocycles. The van der Waals surface area contributed by atoms with E-state index >= 15 is 0 Å². The first-order valence-electron chi connectivity index (χ1n) is 4.57. The Hall–Kier alpha value is -1.62. The van der Waals surface area contributed by atoms with Gasteiger partial charge in [0.15, 0.2) is 6.39 Å². The third-order valence-electron chi connectivity index (χ3n) is 2.07. The average Bonchev–Trinajstić information content (AvgIpc) is 2.66. The predicted octanol–water partition coefficient (Wildman–Crippen LogP) is 2.73. The van der Waals surface area contributed by atoms with Gasteiger partial charge in [0.2, 0.25) is 0 Å². The molecule has 82 valence electrons. The number of carbonyl (C=O) groups is 1. The standard InChI is InChI=1S/C11H8BrNO3/c12-8-3-1-7(2-4-8)11-9(5-10(14)15)16-6-13-11/h1-4,6H,5H2,(H,14,15). The zero-order valence-electron chi connectivity index (χ0n) is 8.18. The van der Waals surface area contributed by atoms with Crippen LogP contribution in [0.15, 0.2) is 39.5 Å². The summed E-state index contributed by atoms with van der Waals surface area (Å²) < 4.78 is 6.01. The van der Waals surface area contributed by atoms with Crippen molar-refractivity contribution in [3.8, 4) is 11.3 Å². The summed E-state index contributed by atoms with van der Waals surface area (Å²) >= 11 is 3.33. The molecular weight excluding hydrogens is 274 g/mol. The fourth-order valence-electron chi connectivity index (χ4n) is 1.38. The van der Waals surface area contributed by atoms with Crippen molar-refractivity contribution >= 4 is 21.9 Å². The molecule has 0 atom stereocenters. The first-order valence-corrected chi connectivity index (χ1v) is 5.36. The Balaban J connectivity index is 2.36. The van der Waals surface area contributed by atoms with E-state index in [0.717, 1.165) is 10.0 Å². The molecule has 2 rings (SSSR count). The maximum Gasteiger partial charge on any atom is 0.311 e.